The molecule has 4 aliphatic carbocycles. The Morgan fingerprint density at radius 2 is 0.630 bits per heavy atom. The first-order valence-corrected chi connectivity index (χ1v) is 28.7. The summed E-state index contributed by atoms with van der Waals surface area (Å²) in [6.07, 6.45) is 0. The van der Waals surface area contributed by atoms with Gasteiger partial charge in [0.05, 0.1) is 5.41 Å². The van der Waals surface area contributed by atoms with Crippen LogP contribution in [0.5, 0.6) is 0 Å². The molecule has 0 aliphatic heterocycles. The molecule has 81 heavy (non-hydrogen) atoms. The maximum atomic E-state index is 2.49. The number of fused-ring (bicyclic) bond motifs is 23. The SMILES string of the molecule is CC1(C)c2ccccc2-c2ccc(N(c3ccccc3)c3ccc4c5c(ccc4c3)-c3c(c4ccc(N(c6ccccc6)c6ccc7c(c6)C(C)(C)c6ccccc6-7)cc4c4ccccc34)C53c4ccccc4-c4ccccc43)cc21. The van der Waals surface area contributed by atoms with E-state index < -0.39 is 5.41 Å². The van der Waals surface area contributed by atoms with Crippen LogP contribution in [0.1, 0.15) is 72.2 Å². The molecule has 0 atom stereocenters. The molecule has 382 valence electrons. The molecule has 0 amide bonds. The van der Waals surface area contributed by atoms with E-state index in [4.69, 9.17) is 0 Å². The Morgan fingerprint density at radius 1 is 0.235 bits per heavy atom. The van der Waals surface area contributed by atoms with Crippen LogP contribution in [0.4, 0.5) is 34.1 Å². The minimum absolute atomic E-state index is 0.129. The van der Waals surface area contributed by atoms with Gasteiger partial charge in [0.1, 0.15) is 0 Å². The zero-order valence-electron chi connectivity index (χ0n) is 45.8. The Balaban J connectivity index is 0.901. The second-order valence-corrected chi connectivity index (χ2v) is 23.9. The van der Waals surface area contributed by atoms with Crippen LogP contribution in [0.25, 0.3) is 76.8 Å². The Morgan fingerprint density at radius 3 is 1.17 bits per heavy atom. The summed E-state index contributed by atoms with van der Waals surface area (Å²) < 4.78 is 0. The van der Waals surface area contributed by atoms with Gasteiger partial charge in [0.25, 0.3) is 0 Å². The molecule has 0 saturated heterocycles. The second kappa shape index (κ2) is 16.6. The van der Waals surface area contributed by atoms with Gasteiger partial charge in [0, 0.05) is 45.0 Å². The molecule has 13 aromatic rings. The lowest BCUT2D eigenvalue weighted by Crippen LogP contribution is -2.26. The highest BCUT2D eigenvalue weighted by molar-refractivity contribution is 6.22. The lowest BCUT2D eigenvalue weighted by molar-refractivity contribution is 0.660. The van der Waals surface area contributed by atoms with E-state index in [1.54, 1.807) is 0 Å². The summed E-state index contributed by atoms with van der Waals surface area (Å²) in [4.78, 5) is 4.93. The molecule has 0 heterocycles. The monoisotopic (exact) mass is 1030 g/mol. The highest BCUT2D eigenvalue weighted by Crippen LogP contribution is 2.67. The minimum Gasteiger partial charge on any atom is -0.310 e. The first-order chi connectivity index (χ1) is 39.7. The largest absolute Gasteiger partial charge is 0.310 e. The predicted molar refractivity (Wildman–Crippen MR) is 340 cm³/mol. The van der Waals surface area contributed by atoms with Crippen molar-refractivity contribution < 1.29 is 0 Å². The fraction of sp³-hybridized carbons (Fsp3) is 0.0886. The third kappa shape index (κ3) is 6.17. The quantitative estimate of drug-likeness (QED) is 0.153. The highest BCUT2D eigenvalue weighted by atomic mass is 15.1. The number of hydrogen-bond acceptors (Lipinski definition) is 2. The average Bonchev–Trinajstić information content (AvgIpc) is 3.11. The average molecular weight is 1030 g/mol. The Kier molecular flexibility index (Phi) is 9.49. The van der Waals surface area contributed by atoms with E-state index in [1.807, 2.05) is 0 Å². The molecule has 2 heteroatoms. The van der Waals surface area contributed by atoms with Crippen molar-refractivity contribution in [2.75, 3.05) is 9.80 Å². The summed E-state index contributed by atoms with van der Waals surface area (Å²) in [5.74, 6) is 0. The third-order valence-electron chi connectivity index (χ3n) is 19.2. The van der Waals surface area contributed by atoms with Crippen LogP contribution in [0.2, 0.25) is 0 Å². The first kappa shape index (κ1) is 46.2. The molecule has 0 bridgehead atoms. The molecule has 0 aromatic heterocycles. The van der Waals surface area contributed by atoms with Gasteiger partial charge in [-0.15, -0.1) is 0 Å². The van der Waals surface area contributed by atoms with Gasteiger partial charge in [0.2, 0.25) is 0 Å². The summed E-state index contributed by atoms with van der Waals surface area (Å²) in [6.45, 7) is 9.50. The van der Waals surface area contributed by atoms with Crippen molar-refractivity contribution in [1.29, 1.82) is 0 Å². The van der Waals surface area contributed by atoms with E-state index in [-0.39, 0.29) is 10.8 Å². The van der Waals surface area contributed by atoms with Crippen LogP contribution in [0.15, 0.2) is 267 Å². The molecular formula is C79H56N2. The van der Waals surface area contributed by atoms with Gasteiger partial charge >= 0.3 is 0 Å². The Hall–Kier alpha value is -9.76. The summed E-state index contributed by atoms with van der Waals surface area (Å²) in [5.41, 5.74) is 27.3. The van der Waals surface area contributed by atoms with Crippen molar-refractivity contribution in [2.24, 2.45) is 0 Å². The summed E-state index contributed by atoms with van der Waals surface area (Å²) in [7, 11) is 0. The summed E-state index contributed by atoms with van der Waals surface area (Å²) >= 11 is 0. The van der Waals surface area contributed by atoms with Crippen molar-refractivity contribution in [1.82, 2.24) is 0 Å². The molecule has 2 nitrogen and oxygen atoms in total. The zero-order chi connectivity index (χ0) is 53.9. The molecule has 17 rings (SSSR count). The normalized spacial score (nSPS) is 14.7. The predicted octanol–water partition coefficient (Wildman–Crippen LogP) is 21.0. The highest BCUT2D eigenvalue weighted by Gasteiger charge is 2.54. The van der Waals surface area contributed by atoms with Gasteiger partial charge in [-0.05, 0) is 194 Å². The van der Waals surface area contributed by atoms with Crippen molar-refractivity contribution in [3.8, 4) is 44.5 Å². The Bertz CT molecular complexity index is 4780. The van der Waals surface area contributed by atoms with E-state index in [0.29, 0.717) is 0 Å². The molecule has 0 radical (unpaired) electrons. The van der Waals surface area contributed by atoms with Gasteiger partial charge in [-0.1, -0.05) is 222 Å². The molecule has 4 aliphatic rings. The summed E-state index contributed by atoms with van der Waals surface area (Å²) in [6, 6.07) is 101. The van der Waals surface area contributed by atoms with Crippen LogP contribution in [-0.4, -0.2) is 0 Å². The Labute approximate surface area is 473 Å². The fourth-order valence-corrected chi connectivity index (χ4v) is 15.7. The van der Waals surface area contributed by atoms with Gasteiger partial charge in [-0.25, -0.2) is 0 Å². The molecule has 0 saturated carbocycles. The molecule has 0 unspecified atom stereocenters. The number of rotatable bonds is 6. The smallest absolute Gasteiger partial charge is 0.0737 e. The first-order valence-electron chi connectivity index (χ1n) is 28.7. The van der Waals surface area contributed by atoms with E-state index in [9.17, 15) is 0 Å². The molecule has 1 spiro atoms. The van der Waals surface area contributed by atoms with Crippen LogP contribution >= 0.6 is 0 Å². The van der Waals surface area contributed by atoms with Crippen molar-refractivity contribution in [3.63, 3.8) is 0 Å². The zero-order valence-corrected chi connectivity index (χ0v) is 45.8. The lowest BCUT2D eigenvalue weighted by atomic mass is 9.68. The number of para-hydroxylation sites is 2. The number of benzene rings is 13. The van der Waals surface area contributed by atoms with Crippen LogP contribution in [0, 0.1) is 0 Å². The topological polar surface area (TPSA) is 6.48 Å². The molecule has 0 fully saturated rings. The van der Waals surface area contributed by atoms with Crippen molar-refractivity contribution >= 4 is 66.4 Å². The second-order valence-electron chi connectivity index (χ2n) is 23.9. The van der Waals surface area contributed by atoms with Crippen LogP contribution in [0.3, 0.4) is 0 Å². The van der Waals surface area contributed by atoms with Gasteiger partial charge in [-0.2, -0.15) is 0 Å². The molecule has 0 N–H and O–H groups in total. The van der Waals surface area contributed by atoms with E-state index >= 15 is 0 Å². The minimum atomic E-state index is -0.623. The van der Waals surface area contributed by atoms with Crippen molar-refractivity contribution in [3.05, 3.63) is 311 Å². The van der Waals surface area contributed by atoms with E-state index in [2.05, 4.69) is 304 Å². The fourth-order valence-electron chi connectivity index (χ4n) is 15.7. The van der Waals surface area contributed by atoms with Gasteiger partial charge in [-0.3, -0.25) is 0 Å². The maximum absolute atomic E-state index is 2.49. The van der Waals surface area contributed by atoms with Crippen molar-refractivity contribution in [2.45, 2.75) is 43.9 Å². The van der Waals surface area contributed by atoms with Gasteiger partial charge in [0.15, 0.2) is 0 Å². The van der Waals surface area contributed by atoms with E-state index in [1.165, 1.54) is 121 Å². The standard InChI is InChI=1S/C79H56N2/c1-77(2)68-31-17-13-26-58(68)62-42-37-54(47-72(62)77)80(50-21-7-5-8-22-50)52-36-41-56-49(45-52)35-40-66-74-64-30-12-11-25-57(64)67-46-53(39-44-65(67)76(74)79(75(56)66)70-33-19-15-28-60(70)61-29-16-20-34-71(61)79)81(51-23-9-6-10-24-51)55-38-43-63-59-27-14-18-32-69(59)78(3,4)73(63)48-55/h5-48H,1-4H3. The molecule has 13 aromatic carbocycles. The van der Waals surface area contributed by atoms with Crippen LogP contribution in [-0.2, 0) is 16.2 Å². The van der Waals surface area contributed by atoms with Crippen LogP contribution < -0.4 is 9.80 Å². The lowest BCUT2D eigenvalue weighted by Gasteiger charge is -2.33. The molecular weight excluding hydrogens is 977 g/mol. The van der Waals surface area contributed by atoms with Gasteiger partial charge < -0.3 is 9.80 Å². The maximum Gasteiger partial charge on any atom is 0.0737 e. The van der Waals surface area contributed by atoms with E-state index in [0.717, 1.165) is 34.1 Å². The summed E-state index contributed by atoms with van der Waals surface area (Å²) in [5, 5.41) is 7.53. The third-order valence-corrected chi connectivity index (χ3v) is 19.2. The number of nitrogens with zero attached hydrogens (tertiary/aromatic N) is 2. The number of anilines is 6. The number of hydrogen-bond donors (Lipinski definition) is 0.